The average Bonchev–Trinajstić information content (AvgIpc) is 3.44. The van der Waals surface area contributed by atoms with Gasteiger partial charge in [-0.15, -0.1) is 0 Å². The van der Waals surface area contributed by atoms with E-state index in [9.17, 15) is 0 Å². The molecule has 0 bridgehead atoms. The Morgan fingerprint density at radius 1 is 1.40 bits per heavy atom. The molecule has 5 rings (SSSR count). The molecule has 0 saturated carbocycles. The second-order valence-electron chi connectivity index (χ2n) is 7.15. The summed E-state index contributed by atoms with van der Waals surface area (Å²) in [6.07, 6.45) is 6.70. The normalized spacial score (nSPS) is 16.6. The van der Waals surface area contributed by atoms with Crippen molar-refractivity contribution in [3.05, 3.63) is 34.9 Å². The largest absolute Gasteiger partial charge is 0.354 e. The van der Waals surface area contributed by atoms with Crippen LogP contribution in [0.5, 0.6) is 0 Å². The molecule has 0 aliphatic carbocycles. The van der Waals surface area contributed by atoms with Gasteiger partial charge in [0, 0.05) is 37.2 Å². The number of hydrogen-bond donors (Lipinski definition) is 2. The maximum absolute atomic E-state index is 9.13. The average molecular weight is 440 g/mol. The lowest BCUT2D eigenvalue weighted by Gasteiger charge is -2.18. The molecular formula is C19H18ClN9S. The molecule has 0 spiro atoms. The highest BCUT2D eigenvalue weighted by molar-refractivity contribution is 7.99. The topological polar surface area (TPSA) is 125 Å². The summed E-state index contributed by atoms with van der Waals surface area (Å²) in [5.41, 5.74) is 8.74. The molecule has 1 aliphatic rings. The van der Waals surface area contributed by atoms with E-state index in [0.29, 0.717) is 27.0 Å². The minimum absolute atomic E-state index is 0.121. The number of fused-ring (bicyclic) bond motifs is 2. The molecule has 4 aromatic rings. The summed E-state index contributed by atoms with van der Waals surface area (Å²) in [6, 6.07) is 2.21. The third-order valence-electron chi connectivity index (χ3n) is 5.16. The molecule has 1 fully saturated rings. The molecule has 0 aromatic carbocycles. The van der Waals surface area contributed by atoms with Gasteiger partial charge in [-0.1, -0.05) is 18.5 Å². The number of aromatic nitrogens is 6. The molecule has 30 heavy (non-hydrogen) atoms. The SMILES string of the molecule is CCc1[nH]c2nc(Sc3cnc4c(C#N)cnn4c3)nc(N3CCC(N)C3)c2c1Cl. The van der Waals surface area contributed by atoms with E-state index in [-0.39, 0.29) is 6.04 Å². The maximum Gasteiger partial charge on any atom is 0.196 e. The fraction of sp³-hybridized carbons (Fsp3) is 0.316. The van der Waals surface area contributed by atoms with Crippen molar-refractivity contribution >= 4 is 45.9 Å². The highest BCUT2D eigenvalue weighted by atomic mass is 35.5. The van der Waals surface area contributed by atoms with Crippen LogP contribution in [0.1, 0.15) is 24.6 Å². The number of nitriles is 1. The molecule has 0 radical (unpaired) electrons. The third kappa shape index (κ3) is 3.15. The van der Waals surface area contributed by atoms with Gasteiger partial charge in [0.1, 0.15) is 23.1 Å². The molecule has 1 saturated heterocycles. The summed E-state index contributed by atoms with van der Waals surface area (Å²) in [7, 11) is 0. The van der Waals surface area contributed by atoms with Gasteiger partial charge >= 0.3 is 0 Å². The van der Waals surface area contributed by atoms with E-state index < -0.39 is 0 Å². The smallest absolute Gasteiger partial charge is 0.196 e. The van der Waals surface area contributed by atoms with Crippen LogP contribution in [-0.4, -0.2) is 48.7 Å². The Bertz CT molecular complexity index is 1310. The predicted molar refractivity (Wildman–Crippen MR) is 115 cm³/mol. The van der Waals surface area contributed by atoms with E-state index >= 15 is 0 Å². The van der Waals surface area contributed by atoms with Gasteiger partial charge in [0.15, 0.2) is 10.8 Å². The molecule has 5 heterocycles. The Morgan fingerprint density at radius 2 is 2.27 bits per heavy atom. The zero-order chi connectivity index (χ0) is 20.8. The summed E-state index contributed by atoms with van der Waals surface area (Å²) < 4.78 is 1.58. The lowest BCUT2D eigenvalue weighted by atomic mass is 10.3. The minimum atomic E-state index is 0.121. The van der Waals surface area contributed by atoms with Gasteiger partial charge in [0.2, 0.25) is 0 Å². The monoisotopic (exact) mass is 439 g/mol. The molecule has 1 atom stereocenters. The van der Waals surface area contributed by atoms with Gasteiger partial charge < -0.3 is 15.6 Å². The number of nitrogens with one attached hydrogen (secondary N) is 1. The van der Waals surface area contributed by atoms with Gasteiger partial charge in [0.05, 0.1) is 21.5 Å². The highest BCUT2D eigenvalue weighted by Gasteiger charge is 2.26. The number of H-pyrrole nitrogens is 1. The van der Waals surface area contributed by atoms with Crippen LogP contribution >= 0.6 is 23.4 Å². The quantitative estimate of drug-likeness (QED) is 0.465. The van der Waals surface area contributed by atoms with Gasteiger partial charge in [-0.05, 0) is 24.6 Å². The Morgan fingerprint density at radius 3 is 3.00 bits per heavy atom. The Kier molecular flexibility index (Phi) is 4.73. The van der Waals surface area contributed by atoms with Crippen molar-refractivity contribution in [1.82, 2.24) is 29.5 Å². The maximum atomic E-state index is 9.13. The van der Waals surface area contributed by atoms with E-state index in [4.69, 9.17) is 32.6 Å². The van der Waals surface area contributed by atoms with Crippen molar-refractivity contribution in [3.8, 4) is 6.07 Å². The van der Waals surface area contributed by atoms with E-state index in [1.807, 2.05) is 13.1 Å². The van der Waals surface area contributed by atoms with Crippen LogP contribution in [-0.2, 0) is 6.42 Å². The zero-order valence-electron chi connectivity index (χ0n) is 16.1. The fourth-order valence-corrected chi connectivity index (χ4v) is 4.76. The van der Waals surface area contributed by atoms with E-state index in [1.54, 1.807) is 10.7 Å². The van der Waals surface area contributed by atoms with Crippen molar-refractivity contribution in [2.45, 2.75) is 35.9 Å². The van der Waals surface area contributed by atoms with Gasteiger partial charge in [-0.3, -0.25) is 0 Å². The molecule has 0 amide bonds. The van der Waals surface area contributed by atoms with Gasteiger partial charge in [0.25, 0.3) is 0 Å². The van der Waals surface area contributed by atoms with E-state index in [1.165, 1.54) is 18.0 Å². The fourth-order valence-electron chi connectivity index (χ4n) is 3.66. The second kappa shape index (κ2) is 7.43. The van der Waals surface area contributed by atoms with Crippen LogP contribution in [0.15, 0.2) is 28.6 Å². The van der Waals surface area contributed by atoms with E-state index in [0.717, 1.165) is 47.7 Å². The highest BCUT2D eigenvalue weighted by Crippen LogP contribution is 2.37. The van der Waals surface area contributed by atoms with Gasteiger partial charge in [-0.2, -0.15) is 10.4 Å². The summed E-state index contributed by atoms with van der Waals surface area (Å²) in [5.74, 6) is 0.802. The third-order valence-corrected chi connectivity index (χ3v) is 6.39. The Balaban J connectivity index is 1.58. The van der Waals surface area contributed by atoms with Crippen molar-refractivity contribution < 1.29 is 0 Å². The molecule has 3 N–H and O–H groups in total. The van der Waals surface area contributed by atoms with Gasteiger partial charge in [-0.25, -0.2) is 19.5 Å². The first-order valence-corrected chi connectivity index (χ1v) is 10.8. The van der Waals surface area contributed by atoms with Crippen LogP contribution in [0, 0.1) is 11.3 Å². The lowest BCUT2D eigenvalue weighted by molar-refractivity contribution is 0.751. The van der Waals surface area contributed by atoms with Crippen LogP contribution in [0.2, 0.25) is 5.02 Å². The number of halogens is 1. The van der Waals surface area contributed by atoms with Crippen molar-refractivity contribution in [3.63, 3.8) is 0 Å². The number of nitrogens with two attached hydrogens (primary N) is 1. The number of anilines is 1. The second-order valence-corrected chi connectivity index (χ2v) is 8.57. The predicted octanol–water partition coefficient (Wildman–Crippen LogP) is 2.78. The summed E-state index contributed by atoms with van der Waals surface area (Å²) in [6.45, 7) is 3.61. The van der Waals surface area contributed by atoms with Crippen molar-refractivity contribution in [1.29, 1.82) is 5.26 Å². The van der Waals surface area contributed by atoms with Crippen molar-refractivity contribution in [2.75, 3.05) is 18.0 Å². The van der Waals surface area contributed by atoms with Crippen LogP contribution in [0.4, 0.5) is 5.82 Å². The summed E-state index contributed by atoms with van der Waals surface area (Å²) >= 11 is 8.03. The molecule has 152 valence electrons. The first kappa shape index (κ1) is 19.1. The summed E-state index contributed by atoms with van der Waals surface area (Å²) in [5, 5.41) is 15.4. The molecule has 9 nitrogen and oxygen atoms in total. The first-order chi connectivity index (χ1) is 14.6. The Hall–Kier alpha value is -2.87. The minimum Gasteiger partial charge on any atom is -0.354 e. The van der Waals surface area contributed by atoms with Crippen LogP contribution in [0.3, 0.4) is 0 Å². The van der Waals surface area contributed by atoms with Crippen LogP contribution in [0.25, 0.3) is 16.7 Å². The lowest BCUT2D eigenvalue weighted by Crippen LogP contribution is -2.27. The number of hydrogen-bond acceptors (Lipinski definition) is 8. The number of aryl methyl sites for hydroxylation is 1. The first-order valence-electron chi connectivity index (χ1n) is 9.57. The Labute approximate surface area is 181 Å². The molecule has 1 unspecified atom stereocenters. The number of aromatic amines is 1. The number of rotatable bonds is 4. The standard InChI is InChI=1S/C19H18ClN9S/c1-2-13-15(20)14-16(25-13)26-19(27-18(14)28-4-3-11(22)8-28)30-12-7-23-17-10(5-21)6-24-29(17)9-12/h6-7,9,11H,2-4,8,22H2,1H3,(H,25,26,27). The summed E-state index contributed by atoms with van der Waals surface area (Å²) in [4.78, 5) is 20.2. The van der Waals surface area contributed by atoms with Crippen LogP contribution < -0.4 is 10.6 Å². The molecule has 4 aromatic heterocycles. The van der Waals surface area contributed by atoms with Crippen molar-refractivity contribution in [2.24, 2.45) is 5.73 Å². The molecule has 1 aliphatic heterocycles. The molecular weight excluding hydrogens is 422 g/mol. The molecule has 11 heteroatoms. The zero-order valence-corrected chi connectivity index (χ0v) is 17.7. The van der Waals surface area contributed by atoms with E-state index in [2.05, 4.69) is 26.0 Å². The number of nitrogens with zero attached hydrogens (tertiary/aromatic N) is 7.